The van der Waals surface area contributed by atoms with E-state index in [0.717, 1.165) is 4.90 Å². The quantitative estimate of drug-likeness (QED) is 0.463. The second kappa shape index (κ2) is 10.3. The summed E-state index contributed by atoms with van der Waals surface area (Å²) >= 11 is 0. The molecule has 1 heterocycles. The third kappa shape index (κ3) is 4.07. The Labute approximate surface area is 198 Å². The van der Waals surface area contributed by atoms with E-state index in [1.807, 2.05) is 6.07 Å². The first-order chi connectivity index (χ1) is 16.5. The van der Waals surface area contributed by atoms with Crippen LogP contribution in [-0.4, -0.2) is 36.2 Å². The van der Waals surface area contributed by atoms with Crippen LogP contribution in [0.25, 0.3) is 5.57 Å². The zero-order valence-electron chi connectivity index (χ0n) is 18.9. The van der Waals surface area contributed by atoms with E-state index in [9.17, 15) is 20.1 Å². The molecule has 2 aromatic rings. The third-order valence-electron chi connectivity index (χ3n) is 5.60. The van der Waals surface area contributed by atoms with E-state index in [0.29, 0.717) is 16.7 Å². The summed E-state index contributed by atoms with van der Waals surface area (Å²) < 4.78 is 10.2. The first-order valence-electron chi connectivity index (χ1n) is 10.5. The van der Waals surface area contributed by atoms with Gasteiger partial charge in [-0.25, -0.2) is 9.59 Å². The van der Waals surface area contributed by atoms with Crippen molar-refractivity contribution in [3.63, 3.8) is 0 Å². The Bertz CT molecular complexity index is 1240. The standard InChI is InChI=1S/C27H23N3O4/c1-4-34-26(32)30-16-15-22(20-11-7-5-8-12-20)23(17-28)27(30,18-29)24(19(2)25(31)33-3)21-13-9-6-10-14-21/h5-16,24H,2,4H2,1,3H3. The zero-order chi connectivity index (χ0) is 24.7. The van der Waals surface area contributed by atoms with Crippen molar-refractivity contribution in [2.45, 2.75) is 18.4 Å². The predicted octanol–water partition coefficient (Wildman–Crippen LogP) is 4.72. The second-order valence-corrected chi connectivity index (χ2v) is 7.39. The molecule has 2 unspecified atom stereocenters. The molecule has 0 N–H and O–H groups in total. The second-order valence-electron chi connectivity index (χ2n) is 7.39. The van der Waals surface area contributed by atoms with Crippen molar-refractivity contribution < 1.29 is 19.1 Å². The molecule has 0 radical (unpaired) electrons. The largest absolute Gasteiger partial charge is 0.466 e. The molecule has 34 heavy (non-hydrogen) atoms. The van der Waals surface area contributed by atoms with Crippen molar-refractivity contribution in [3.8, 4) is 12.1 Å². The summed E-state index contributed by atoms with van der Waals surface area (Å²) in [6, 6.07) is 22.0. The lowest BCUT2D eigenvalue weighted by atomic mass is 9.68. The minimum absolute atomic E-state index is 0.0179. The van der Waals surface area contributed by atoms with E-state index >= 15 is 0 Å². The highest BCUT2D eigenvalue weighted by Crippen LogP contribution is 2.48. The first kappa shape index (κ1) is 24.0. The monoisotopic (exact) mass is 453 g/mol. The molecule has 1 aliphatic heterocycles. The van der Waals surface area contributed by atoms with Crippen molar-refractivity contribution in [1.29, 1.82) is 10.5 Å². The number of carbonyl (C=O) groups is 2. The summed E-state index contributed by atoms with van der Waals surface area (Å²) in [6.45, 7) is 5.60. The van der Waals surface area contributed by atoms with Gasteiger partial charge in [0.05, 0.1) is 37.3 Å². The fraction of sp³-hybridized carbons (Fsp3) is 0.185. The maximum atomic E-state index is 13.1. The number of benzene rings is 2. The number of carbonyl (C=O) groups excluding carboxylic acids is 2. The minimum atomic E-state index is -1.98. The molecule has 0 fully saturated rings. The van der Waals surface area contributed by atoms with Gasteiger partial charge in [-0.2, -0.15) is 10.5 Å². The van der Waals surface area contributed by atoms with Crippen LogP contribution in [0.3, 0.4) is 0 Å². The van der Waals surface area contributed by atoms with Gasteiger partial charge in [0.15, 0.2) is 5.54 Å². The molecule has 0 aromatic heterocycles. The fourth-order valence-corrected chi connectivity index (χ4v) is 4.12. The van der Waals surface area contributed by atoms with Gasteiger partial charge in [-0.15, -0.1) is 0 Å². The zero-order valence-corrected chi connectivity index (χ0v) is 18.9. The Morgan fingerprint density at radius 3 is 2.24 bits per heavy atom. The van der Waals surface area contributed by atoms with Gasteiger partial charge in [-0.3, -0.25) is 4.90 Å². The van der Waals surface area contributed by atoms with Gasteiger partial charge in [0, 0.05) is 17.3 Å². The van der Waals surface area contributed by atoms with Crippen molar-refractivity contribution in [2.75, 3.05) is 13.7 Å². The molecule has 0 bridgehead atoms. The number of esters is 1. The SMILES string of the molecule is C=C(C(=O)OC)C(c1ccccc1)C1(C#N)C(C#N)=C(c2ccccc2)C=CN1C(=O)OCC. The van der Waals surface area contributed by atoms with Crippen LogP contribution in [0.5, 0.6) is 0 Å². The lowest BCUT2D eigenvalue weighted by Crippen LogP contribution is -2.55. The van der Waals surface area contributed by atoms with Gasteiger partial charge < -0.3 is 9.47 Å². The lowest BCUT2D eigenvalue weighted by Gasteiger charge is -2.44. The van der Waals surface area contributed by atoms with Crippen LogP contribution in [0.15, 0.2) is 90.7 Å². The number of hydrogen-bond donors (Lipinski definition) is 0. The first-order valence-corrected chi connectivity index (χ1v) is 10.5. The van der Waals surface area contributed by atoms with Gasteiger partial charge in [-0.05, 0) is 24.1 Å². The van der Waals surface area contributed by atoms with E-state index in [4.69, 9.17) is 9.47 Å². The number of methoxy groups -OCH3 is 1. The van der Waals surface area contributed by atoms with Crippen LogP contribution >= 0.6 is 0 Å². The Kier molecular flexibility index (Phi) is 7.30. The molecule has 0 spiro atoms. The number of amides is 1. The van der Waals surface area contributed by atoms with Gasteiger partial charge in [-0.1, -0.05) is 67.2 Å². The van der Waals surface area contributed by atoms with Crippen LogP contribution < -0.4 is 0 Å². The smallest absolute Gasteiger partial charge is 0.415 e. The Morgan fingerprint density at radius 2 is 1.71 bits per heavy atom. The highest BCUT2D eigenvalue weighted by atomic mass is 16.6. The van der Waals surface area contributed by atoms with Gasteiger partial charge in [0.1, 0.15) is 0 Å². The fourth-order valence-electron chi connectivity index (χ4n) is 4.12. The number of ether oxygens (including phenoxy) is 2. The molecule has 1 aliphatic rings. The van der Waals surface area contributed by atoms with E-state index in [1.54, 1.807) is 67.6 Å². The predicted molar refractivity (Wildman–Crippen MR) is 126 cm³/mol. The molecule has 7 nitrogen and oxygen atoms in total. The van der Waals surface area contributed by atoms with Crippen LogP contribution in [0, 0.1) is 22.7 Å². The molecular formula is C27H23N3O4. The lowest BCUT2D eigenvalue weighted by molar-refractivity contribution is -0.136. The average Bonchev–Trinajstić information content (AvgIpc) is 2.88. The number of allylic oxidation sites excluding steroid dienone is 2. The summed E-state index contributed by atoms with van der Waals surface area (Å²) in [7, 11) is 1.20. The number of rotatable bonds is 6. The third-order valence-corrected chi connectivity index (χ3v) is 5.60. The van der Waals surface area contributed by atoms with Gasteiger partial charge in [0.2, 0.25) is 0 Å². The number of hydrogen-bond acceptors (Lipinski definition) is 6. The van der Waals surface area contributed by atoms with Crippen LogP contribution in [0.4, 0.5) is 4.79 Å². The van der Waals surface area contributed by atoms with E-state index in [2.05, 4.69) is 18.7 Å². The molecule has 170 valence electrons. The van der Waals surface area contributed by atoms with E-state index < -0.39 is 23.5 Å². The van der Waals surface area contributed by atoms with Gasteiger partial charge >= 0.3 is 12.1 Å². The van der Waals surface area contributed by atoms with Crippen molar-refractivity contribution >= 4 is 17.6 Å². The maximum Gasteiger partial charge on any atom is 0.415 e. The Morgan fingerprint density at radius 1 is 1.09 bits per heavy atom. The maximum absolute atomic E-state index is 13.1. The molecule has 3 rings (SSSR count). The topological polar surface area (TPSA) is 103 Å². The molecule has 0 aliphatic carbocycles. The summed E-state index contributed by atoms with van der Waals surface area (Å²) in [6.07, 6.45) is 2.16. The normalized spacial score (nSPS) is 17.8. The van der Waals surface area contributed by atoms with Crippen LogP contribution in [-0.2, 0) is 14.3 Å². The Balaban J connectivity index is 2.43. The van der Waals surface area contributed by atoms with Crippen molar-refractivity contribution in [2.24, 2.45) is 0 Å². The van der Waals surface area contributed by atoms with E-state index in [1.165, 1.54) is 13.3 Å². The minimum Gasteiger partial charge on any atom is -0.466 e. The van der Waals surface area contributed by atoms with E-state index in [-0.39, 0.29) is 17.8 Å². The molecule has 7 heteroatoms. The number of nitriles is 2. The Hall–Kier alpha value is -4.62. The summed E-state index contributed by atoms with van der Waals surface area (Å²) in [5, 5.41) is 21.1. The molecular weight excluding hydrogens is 430 g/mol. The van der Waals surface area contributed by atoms with Crippen LogP contribution in [0.1, 0.15) is 24.0 Å². The summed E-state index contributed by atoms with van der Waals surface area (Å²) in [5.74, 6) is -1.89. The molecule has 0 saturated carbocycles. The summed E-state index contributed by atoms with van der Waals surface area (Å²) in [5.41, 5.74) is -0.453. The van der Waals surface area contributed by atoms with Crippen LogP contribution in [0.2, 0.25) is 0 Å². The van der Waals surface area contributed by atoms with Crippen molar-refractivity contribution in [3.05, 3.63) is 102 Å². The highest BCUT2D eigenvalue weighted by Gasteiger charge is 2.55. The molecule has 0 saturated heterocycles. The molecule has 2 aromatic carbocycles. The summed E-state index contributed by atoms with van der Waals surface area (Å²) in [4.78, 5) is 26.9. The number of nitrogens with zero attached hydrogens (tertiary/aromatic N) is 3. The van der Waals surface area contributed by atoms with Gasteiger partial charge in [0.25, 0.3) is 0 Å². The average molecular weight is 453 g/mol. The highest BCUT2D eigenvalue weighted by molar-refractivity contribution is 5.93. The van der Waals surface area contributed by atoms with Crippen molar-refractivity contribution in [1.82, 2.24) is 4.90 Å². The molecule has 2 atom stereocenters. The molecule has 1 amide bonds.